The van der Waals surface area contributed by atoms with Crippen LogP contribution in [0.15, 0.2) is 28.9 Å². The molecule has 0 saturated heterocycles. The highest BCUT2D eigenvalue weighted by Crippen LogP contribution is 2.32. The number of carboxylic acid groups (broad SMARTS) is 1. The predicted molar refractivity (Wildman–Crippen MR) is 85.3 cm³/mol. The second-order valence-electron chi connectivity index (χ2n) is 5.75. The molecule has 1 fully saturated rings. The van der Waals surface area contributed by atoms with Crippen LogP contribution in [0.2, 0.25) is 0 Å². The Balaban J connectivity index is 1.78. The molecule has 1 aromatic carbocycles. The highest BCUT2D eigenvalue weighted by molar-refractivity contribution is 5.84. The third kappa shape index (κ3) is 3.68. The highest BCUT2D eigenvalue weighted by Gasteiger charge is 2.31. The summed E-state index contributed by atoms with van der Waals surface area (Å²) >= 11 is 0. The maximum absolute atomic E-state index is 10.9. The Morgan fingerprint density at radius 3 is 2.71 bits per heavy atom. The number of aromatic carboxylic acids is 1. The molecule has 0 aliphatic heterocycles. The molecule has 1 aromatic heterocycles. The second-order valence-corrected chi connectivity index (χ2v) is 5.75. The molecule has 1 aliphatic carbocycles. The van der Waals surface area contributed by atoms with Crippen LogP contribution in [0.1, 0.15) is 34.8 Å². The van der Waals surface area contributed by atoms with Crippen LogP contribution in [-0.4, -0.2) is 41.2 Å². The zero-order valence-electron chi connectivity index (χ0n) is 13.7. The summed E-state index contributed by atoms with van der Waals surface area (Å²) in [6, 6.07) is 6.14. The summed E-state index contributed by atoms with van der Waals surface area (Å²) in [6.07, 6.45) is 3.40. The molecule has 1 saturated carbocycles. The quantitative estimate of drug-likeness (QED) is 0.795. The van der Waals surface area contributed by atoms with Crippen molar-refractivity contribution < 1.29 is 23.8 Å². The lowest BCUT2D eigenvalue weighted by Crippen LogP contribution is -2.25. The maximum atomic E-state index is 10.9. The van der Waals surface area contributed by atoms with Crippen molar-refractivity contribution >= 4 is 5.97 Å². The standard InChI is InChI=1S/C17H20N2O5/c1-22-13-5-6-15(23-2)11(7-13)8-19(12-3-4-12)9-16-18-14(10-24-16)17(20)21/h5-7,10,12H,3-4,8-9H2,1-2H3,(H,20,21). The van der Waals surface area contributed by atoms with Gasteiger partial charge in [0.15, 0.2) is 5.69 Å². The number of carboxylic acids is 1. The minimum absolute atomic E-state index is 0.0697. The first-order valence-corrected chi connectivity index (χ1v) is 7.73. The van der Waals surface area contributed by atoms with E-state index in [9.17, 15) is 4.79 Å². The van der Waals surface area contributed by atoms with Gasteiger partial charge in [0, 0.05) is 18.2 Å². The van der Waals surface area contributed by atoms with Gasteiger partial charge in [-0.05, 0) is 31.0 Å². The Morgan fingerprint density at radius 2 is 2.12 bits per heavy atom. The van der Waals surface area contributed by atoms with Crippen LogP contribution in [0.5, 0.6) is 11.5 Å². The number of methoxy groups -OCH3 is 2. The van der Waals surface area contributed by atoms with Crippen LogP contribution in [0.3, 0.4) is 0 Å². The Morgan fingerprint density at radius 1 is 1.33 bits per heavy atom. The molecular weight excluding hydrogens is 312 g/mol. The third-order valence-corrected chi connectivity index (χ3v) is 4.03. The smallest absolute Gasteiger partial charge is 0.357 e. The van der Waals surface area contributed by atoms with Crippen molar-refractivity contribution in [2.45, 2.75) is 32.0 Å². The molecule has 1 N–H and O–H groups in total. The van der Waals surface area contributed by atoms with Crippen LogP contribution < -0.4 is 9.47 Å². The van der Waals surface area contributed by atoms with Gasteiger partial charge >= 0.3 is 5.97 Å². The van der Waals surface area contributed by atoms with Crippen molar-refractivity contribution in [2.75, 3.05) is 14.2 Å². The summed E-state index contributed by atoms with van der Waals surface area (Å²) in [7, 11) is 3.27. The van der Waals surface area contributed by atoms with Gasteiger partial charge < -0.3 is 19.0 Å². The predicted octanol–water partition coefficient (Wildman–Crippen LogP) is 2.55. The van der Waals surface area contributed by atoms with E-state index in [0.29, 0.717) is 25.0 Å². The minimum atomic E-state index is -1.09. The van der Waals surface area contributed by atoms with Crippen LogP contribution in [0.4, 0.5) is 0 Å². The van der Waals surface area contributed by atoms with Gasteiger partial charge in [-0.15, -0.1) is 0 Å². The topological polar surface area (TPSA) is 85.0 Å². The van der Waals surface area contributed by atoms with E-state index in [1.807, 2.05) is 18.2 Å². The monoisotopic (exact) mass is 332 g/mol. The Kier molecular flexibility index (Phi) is 4.71. The summed E-state index contributed by atoms with van der Waals surface area (Å²) in [5.41, 5.74) is 0.938. The molecule has 7 nitrogen and oxygen atoms in total. The number of nitrogens with zero attached hydrogens (tertiary/aromatic N) is 2. The van der Waals surface area contributed by atoms with Crippen LogP contribution >= 0.6 is 0 Å². The first kappa shape index (κ1) is 16.3. The largest absolute Gasteiger partial charge is 0.497 e. The molecule has 0 radical (unpaired) electrons. The first-order chi connectivity index (χ1) is 11.6. The van der Waals surface area contributed by atoms with E-state index in [1.54, 1.807) is 14.2 Å². The van der Waals surface area contributed by atoms with Gasteiger partial charge in [0.2, 0.25) is 5.89 Å². The molecule has 7 heteroatoms. The van der Waals surface area contributed by atoms with Crippen molar-refractivity contribution in [1.82, 2.24) is 9.88 Å². The Hall–Kier alpha value is -2.54. The third-order valence-electron chi connectivity index (χ3n) is 4.03. The van der Waals surface area contributed by atoms with Gasteiger partial charge in [0.05, 0.1) is 20.8 Å². The van der Waals surface area contributed by atoms with Crippen molar-refractivity contribution in [3.05, 3.63) is 41.6 Å². The van der Waals surface area contributed by atoms with E-state index in [0.717, 1.165) is 29.9 Å². The number of hydrogen-bond acceptors (Lipinski definition) is 6. The summed E-state index contributed by atoms with van der Waals surface area (Å²) in [5.74, 6) is 0.879. The molecule has 1 heterocycles. The summed E-state index contributed by atoms with van der Waals surface area (Å²) < 4.78 is 16.0. The minimum Gasteiger partial charge on any atom is -0.497 e. The van der Waals surface area contributed by atoms with Gasteiger partial charge in [-0.3, -0.25) is 4.90 Å². The number of hydrogen-bond donors (Lipinski definition) is 1. The van der Waals surface area contributed by atoms with Gasteiger partial charge in [-0.25, -0.2) is 9.78 Å². The molecular formula is C17H20N2O5. The number of rotatable bonds is 8. The maximum Gasteiger partial charge on any atom is 0.357 e. The zero-order valence-corrected chi connectivity index (χ0v) is 13.7. The molecule has 0 spiro atoms. The average Bonchev–Trinajstić information content (AvgIpc) is 3.33. The SMILES string of the molecule is COc1ccc(OC)c(CN(Cc2nc(C(=O)O)co2)C2CC2)c1. The number of carbonyl (C=O) groups is 1. The Labute approximate surface area is 139 Å². The highest BCUT2D eigenvalue weighted by atomic mass is 16.5. The summed E-state index contributed by atoms with van der Waals surface area (Å²) in [6.45, 7) is 1.11. The number of ether oxygens (including phenoxy) is 2. The summed E-state index contributed by atoms with van der Waals surface area (Å²) in [4.78, 5) is 17.2. The molecule has 0 atom stereocenters. The lowest BCUT2D eigenvalue weighted by Gasteiger charge is -2.22. The van der Waals surface area contributed by atoms with Crippen molar-refractivity contribution in [3.63, 3.8) is 0 Å². The van der Waals surface area contributed by atoms with E-state index in [-0.39, 0.29) is 5.69 Å². The molecule has 24 heavy (non-hydrogen) atoms. The van der Waals surface area contributed by atoms with Crippen LogP contribution in [-0.2, 0) is 13.1 Å². The van der Waals surface area contributed by atoms with E-state index >= 15 is 0 Å². The number of aromatic nitrogens is 1. The molecule has 2 aromatic rings. The molecule has 3 rings (SSSR count). The van der Waals surface area contributed by atoms with Gasteiger partial charge in [0.25, 0.3) is 0 Å². The van der Waals surface area contributed by atoms with Crippen molar-refractivity contribution in [1.29, 1.82) is 0 Å². The van der Waals surface area contributed by atoms with Crippen LogP contribution in [0.25, 0.3) is 0 Å². The van der Waals surface area contributed by atoms with E-state index in [4.69, 9.17) is 19.0 Å². The van der Waals surface area contributed by atoms with Gasteiger partial charge in [-0.1, -0.05) is 0 Å². The van der Waals surface area contributed by atoms with E-state index in [1.165, 1.54) is 6.26 Å². The van der Waals surface area contributed by atoms with Crippen molar-refractivity contribution in [3.8, 4) is 11.5 Å². The Bertz CT molecular complexity index is 724. The molecule has 1 aliphatic rings. The molecule has 128 valence electrons. The normalized spacial score (nSPS) is 14.0. The molecule has 0 amide bonds. The van der Waals surface area contributed by atoms with E-state index < -0.39 is 5.97 Å². The second kappa shape index (κ2) is 6.92. The summed E-state index contributed by atoms with van der Waals surface area (Å²) in [5, 5.41) is 8.95. The average molecular weight is 332 g/mol. The fourth-order valence-electron chi connectivity index (χ4n) is 2.63. The molecule has 0 unspecified atom stereocenters. The molecule has 0 bridgehead atoms. The number of benzene rings is 1. The van der Waals surface area contributed by atoms with E-state index in [2.05, 4.69) is 9.88 Å². The van der Waals surface area contributed by atoms with Gasteiger partial charge in [-0.2, -0.15) is 0 Å². The zero-order chi connectivity index (χ0) is 17.1. The lowest BCUT2D eigenvalue weighted by molar-refractivity contribution is 0.0690. The first-order valence-electron chi connectivity index (χ1n) is 7.73. The lowest BCUT2D eigenvalue weighted by atomic mass is 10.1. The fourth-order valence-corrected chi connectivity index (χ4v) is 2.63. The fraction of sp³-hybridized carbons (Fsp3) is 0.412. The van der Waals surface area contributed by atoms with Crippen molar-refractivity contribution in [2.24, 2.45) is 0 Å². The number of oxazole rings is 1. The van der Waals surface area contributed by atoms with Crippen LogP contribution in [0, 0.1) is 0 Å². The van der Waals surface area contributed by atoms with Gasteiger partial charge in [0.1, 0.15) is 17.8 Å².